The highest BCUT2D eigenvalue weighted by atomic mass is 16.5. The Kier molecular flexibility index (Phi) is 5.95. The lowest BCUT2D eigenvalue weighted by Gasteiger charge is -2.03. The SMILES string of the molecule is CCOC(=O)C(N=Nc1cc(C(=O)O)cc(C(=O)O)c1)=C(C)O. The summed E-state index contributed by atoms with van der Waals surface area (Å²) in [5.74, 6) is -4.04. The fraction of sp³-hybridized carbons (Fsp3) is 0.214. The van der Waals surface area contributed by atoms with E-state index < -0.39 is 29.4 Å². The number of hydrogen-bond donors (Lipinski definition) is 3. The molecule has 0 fully saturated rings. The minimum absolute atomic E-state index is 0.0583. The molecule has 0 amide bonds. The first-order chi connectivity index (χ1) is 10.8. The second-order valence-electron chi connectivity index (χ2n) is 4.23. The Balaban J connectivity index is 3.25. The van der Waals surface area contributed by atoms with Crippen LogP contribution in [0.1, 0.15) is 34.6 Å². The minimum Gasteiger partial charge on any atom is -0.510 e. The van der Waals surface area contributed by atoms with Gasteiger partial charge in [0, 0.05) is 0 Å². The number of aromatic carboxylic acids is 2. The highest BCUT2D eigenvalue weighted by Crippen LogP contribution is 2.20. The molecule has 0 aliphatic carbocycles. The van der Waals surface area contributed by atoms with Crippen molar-refractivity contribution in [2.75, 3.05) is 6.61 Å². The Morgan fingerprint density at radius 1 is 1.04 bits per heavy atom. The summed E-state index contributed by atoms with van der Waals surface area (Å²) in [5, 5.41) is 34.4. The lowest BCUT2D eigenvalue weighted by Crippen LogP contribution is -2.07. The zero-order valence-corrected chi connectivity index (χ0v) is 12.3. The third kappa shape index (κ3) is 4.92. The summed E-state index contributed by atoms with van der Waals surface area (Å²) in [5.41, 5.74) is -1.18. The van der Waals surface area contributed by atoms with Crippen molar-refractivity contribution in [2.24, 2.45) is 10.2 Å². The third-order valence-electron chi connectivity index (χ3n) is 2.49. The van der Waals surface area contributed by atoms with Crippen LogP contribution in [0.25, 0.3) is 0 Å². The van der Waals surface area contributed by atoms with Gasteiger partial charge >= 0.3 is 17.9 Å². The number of aliphatic hydroxyl groups excluding tert-OH is 1. The summed E-state index contributed by atoms with van der Waals surface area (Å²) >= 11 is 0. The van der Waals surface area contributed by atoms with Crippen LogP contribution < -0.4 is 0 Å². The first-order valence-electron chi connectivity index (χ1n) is 6.36. The molecule has 0 bridgehead atoms. The number of carbonyl (C=O) groups excluding carboxylic acids is 1. The Hall–Kier alpha value is -3.23. The van der Waals surface area contributed by atoms with Crippen LogP contribution in [0.5, 0.6) is 0 Å². The van der Waals surface area contributed by atoms with Crippen LogP contribution in [-0.2, 0) is 9.53 Å². The molecule has 0 aromatic heterocycles. The van der Waals surface area contributed by atoms with Crippen LogP contribution in [0.2, 0.25) is 0 Å². The molecule has 9 heteroatoms. The van der Waals surface area contributed by atoms with Gasteiger partial charge in [0.15, 0.2) is 0 Å². The Morgan fingerprint density at radius 2 is 1.57 bits per heavy atom. The van der Waals surface area contributed by atoms with Gasteiger partial charge in [0.1, 0.15) is 5.76 Å². The third-order valence-corrected chi connectivity index (χ3v) is 2.49. The lowest BCUT2D eigenvalue weighted by molar-refractivity contribution is -0.138. The predicted molar refractivity (Wildman–Crippen MR) is 76.8 cm³/mol. The van der Waals surface area contributed by atoms with E-state index in [1.54, 1.807) is 6.92 Å². The van der Waals surface area contributed by atoms with Crippen LogP contribution >= 0.6 is 0 Å². The average molecular weight is 322 g/mol. The van der Waals surface area contributed by atoms with Crippen LogP contribution in [0.4, 0.5) is 5.69 Å². The molecule has 0 spiro atoms. The average Bonchev–Trinajstić information content (AvgIpc) is 2.46. The maximum absolute atomic E-state index is 11.6. The normalized spacial score (nSPS) is 11.9. The van der Waals surface area contributed by atoms with Gasteiger partial charge < -0.3 is 20.1 Å². The van der Waals surface area contributed by atoms with Gasteiger partial charge in [-0.05, 0) is 32.0 Å². The van der Waals surface area contributed by atoms with Crippen LogP contribution in [0.15, 0.2) is 39.9 Å². The molecule has 0 heterocycles. The number of hydrogen-bond acceptors (Lipinski definition) is 7. The van der Waals surface area contributed by atoms with E-state index in [0.717, 1.165) is 18.2 Å². The molecular formula is C14H14N2O7. The number of ether oxygens (including phenoxy) is 1. The molecule has 23 heavy (non-hydrogen) atoms. The van der Waals surface area contributed by atoms with Crippen molar-refractivity contribution in [3.8, 4) is 0 Å². The number of aliphatic hydroxyl groups is 1. The molecule has 0 unspecified atom stereocenters. The van der Waals surface area contributed by atoms with Gasteiger partial charge in [-0.15, -0.1) is 5.11 Å². The van der Waals surface area contributed by atoms with Crippen molar-refractivity contribution in [2.45, 2.75) is 13.8 Å². The fourth-order valence-corrected chi connectivity index (χ4v) is 1.48. The van der Waals surface area contributed by atoms with Gasteiger partial charge in [-0.2, -0.15) is 5.11 Å². The fourth-order valence-electron chi connectivity index (χ4n) is 1.48. The van der Waals surface area contributed by atoms with Crippen molar-refractivity contribution >= 4 is 23.6 Å². The van der Waals surface area contributed by atoms with E-state index >= 15 is 0 Å². The molecule has 0 radical (unpaired) electrons. The smallest absolute Gasteiger partial charge is 0.362 e. The first kappa shape index (κ1) is 17.8. The summed E-state index contributed by atoms with van der Waals surface area (Å²) in [7, 11) is 0. The van der Waals surface area contributed by atoms with Crippen LogP contribution in [0, 0.1) is 0 Å². The molecule has 122 valence electrons. The van der Waals surface area contributed by atoms with Crippen molar-refractivity contribution in [3.05, 3.63) is 40.8 Å². The van der Waals surface area contributed by atoms with Crippen LogP contribution in [0.3, 0.4) is 0 Å². The number of allylic oxidation sites excluding steroid dienone is 1. The molecule has 0 aliphatic rings. The molecule has 3 N–H and O–H groups in total. The summed E-state index contributed by atoms with van der Waals surface area (Å²) < 4.78 is 4.68. The maximum Gasteiger partial charge on any atom is 0.362 e. The van der Waals surface area contributed by atoms with E-state index in [2.05, 4.69) is 15.0 Å². The number of rotatable bonds is 6. The second kappa shape index (κ2) is 7.69. The second-order valence-corrected chi connectivity index (χ2v) is 4.23. The van der Waals surface area contributed by atoms with Gasteiger partial charge in [0.05, 0.1) is 23.4 Å². The van der Waals surface area contributed by atoms with Gasteiger partial charge in [0.2, 0.25) is 5.70 Å². The number of carbonyl (C=O) groups is 3. The number of benzene rings is 1. The molecule has 0 atom stereocenters. The summed E-state index contributed by atoms with van der Waals surface area (Å²) in [6, 6.07) is 3.12. The van der Waals surface area contributed by atoms with E-state index in [9.17, 15) is 19.5 Å². The van der Waals surface area contributed by atoms with E-state index in [4.69, 9.17) is 10.2 Å². The molecule has 9 nitrogen and oxygen atoms in total. The largest absolute Gasteiger partial charge is 0.510 e. The number of azo groups is 1. The lowest BCUT2D eigenvalue weighted by atomic mass is 10.1. The number of esters is 1. The Bertz CT molecular complexity index is 671. The van der Waals surface area contributed by atoms with Gasteiger partial charge in [-0.3, -0.25) is 0 Å². The predicted octanol–water partition coefficient (Wildman–Crippen LogP) is 2.52. The standard InChI is InChI=1S/C14H14N2O7/c1-3-23-14(22)11(7(2)17)16-15-10-5-8(12(18)19)4-9(6-10)13(20)21/h4-6,17H,3H2,1-2H3,(H,18,19)(H,20,21). The van der Waals surface area contributed by atoms with Crippen molar-refractivity contribution < 1.29 is 34.4 Å². The van der Waals surface area contributed by atoms with Crippen molar-refractivity contribution in [1.29, 1.82) is 0 Å². The monoisotopic (exact) mass is 322 g/mol. The quantitative estimate of drug-likeness (QED) is 0.315. The molecule has 0 saturated carbocycles. The van der Waals surface area contributed by atoms with Gasteiger partial charge in [-0.25, -0.2) is 14.4 Å². The van der Waals surface area contributed by atoms with E-state index in [-0.39, 0.29) is 23.4 Å². The van der Waals surface area contributed by atoms with Crippen molar-refractivity contribution in [3.63, 3.8) is 0 Å². The van der Waals surface area contributed by atoms with Crippen LogP contribution in [-0.4, -0.2) is 39.8 Å². The van der Waals surface area contributed by atoms with Crippen molar-refractivity contribution in [1.82, 2.24) is 0 Å². The molecular weight excluding hydrogens is 308 g/mol. The van der Waals surface area contributed by atoms with E-state index in [0.29, 0.717) is 0 Å². The van der Waals surface area contributed by atoms with E-state index in [1.165, 1.54) is 6.92 Å². The first-order valence-corrected chi connectivity index (χ1v) is 6.36. The highest BCUT2D eigenvalue weighted by Gasteiger charge is 2.15. The van der Waals surface area contributed by atoms with Gasteiger partial charge in [-0.1, -0.05) is 0 Å². The van der Waals surface area contributed by atoms with E-state index in [1.807, 2.05) is 0 Å². The minimum atomic E-state index is -1.34. The Morgan fingerprint density at radius 3 is 1.96 bits per heavy atom. The van der Waals surface area contributed by atoms with Gasteiger partial charge in [0.25, 0.3) is 0 Å². The highest BCUT2D eigenvalue weighted by molar-refractivity contribution is 5.95. The molecule has 1 rings (SSSR count). The topological polar surface area (TPSA) is 146 Å². The molecule has 0 saturated heterocycles. The number of nitrogens with zero attached hydrogens (tertiary/aromatic N) is 2. The molecule has 0 aliphatic heterocycles. The summed E-state index contributed by atoms with van der Waals surface area (Å²) in [4.78, 5) is 33.5. The summed E-state index contributed by atoms with van der Waals surface area (Å²) in [6.45, 7) is 2.82. The molecule has 1 aromatic rings. The molecule has 1 aromatic carbocycles. The number of carboxylic acids is 2. The zero-order valence-electron chi connectivity index (χ0n) is 12.3. The summed E-state index contributed by atoms with van der Waals surface area (Å²) in [6.07, 6.45) is 0. The zero-order chi connectivity index (χ0) is 17.6. The number of carboxylic acid groups (broad SMARTS) is 2. The Labute approximate surface area is 130 Å². The maximum atomic E-state index is 11.6.